The van der Waals surface area contributed by atoms with Crippen molar-refractivity contribution in [3.8, 4) is 0 Å². The van der Waals surface area contributed by atoms with E-state index in [0.717, 1.165) is 11.1 Å². The number of hydrogen-bond acceptors (Lipinski definition) is 4. The maximum absolute atomic E-state index is 12.7. The summed E-state index contributed by atoms with van der Waals surface area (Å²) in [6.07, 6.45) is 3.30. The van der Waals surface area contributed by atoms with Crippen molar-refractivity contribution in [3.05, 3.63) is 53.9 Å². The molecule has 1 N–H and O–H groups in total. The van der Waals surface area contributed by atoms with E-state index in [1.165, 1.54) is 18.2 Å². The standard InChI is InChI=1S/C14H14F2N2O2S/c1-10-8-17-7-6-11(10)9-18-12-4-2-3-5-13(12)21(19,20)14(15)16/h2-8,14,18H,9H2,1H3. The monoisotopic (exact) mass is 312 g/mol. The summed E-state index contributed by atoms with van der Waals surface area (Å²) in [4.78, 5) is 3.56. The Bertz CT molecular complexity index is 733. The van der Waals surface area contributed by atoms with Gasteiger partial charge in [0.1, 0.15) is 0 Å². The van der Waals surface area contributed by atoms with Crippen molar-refractivity contribution < 1.29 is 17.2 Å². The number of alkyl halides is 2. The number of hydrogen-bond donors (Lipinski definition) is 1. The summed E-state index contributed by atoms with van der Waals surface area (Å²) in [7, 11) is -4.63. The molecule has 2 rings (SSSR count). The molecule has 0 amide bonds. The van der Waals surface area contributed by atoms with Gasteiger partial charge >= 0.3 is 5.76 Å². The molecule has 0 saturated heterocycles. The summed E-state index contributed by atoms with van der Waals surface area (Å²) in [6, 6.07) is 7.42. The average molecular weight is 312 g/mol. The molecule has 0 atom stereocenters. The highest BCUT2D eigenvalue weighted by Crippen LogP contribution is 2.26. The highest BCUT2D eigenvalue weighted by Gasteiger charge is 2.28. The minimum Gasteiger partial charge on any atom is -0.380 e. The maximum atomic E-state index is 12.7. The minimum atomic E-state index is -4.63. The molecule has 1 aromatic carbocycles. The van der Waals surface area contributed by atoms with Crippen LogP contribution in [-0.2, 0) is 16.4 Å². The van der Waals surface area contributed by atoms with Crippen LogP contribution in [0.3, 0.4) is 0 Å². The third-order valence-electron chi connectivity index (χ3n) is 3.03. The van der Waals surface area contributed by atoms with E-state index in [4.69, 9.17) is 0 Å². The average Bonchev–Trinajstić information content (AvgIpc) is 2.46. The molecule has 1 heterocycles. The number of halogens is 2. The largest absolute Gasteiger partial charge is 0.380 e. The lowest BCUT2D eigenvalue weighted by molar-refractivity contribution is 0.235. The number of aryl methyl sites for hydroxylation is 1. The zero-order valence-corrected chi connectivity index (χ0v) is 12.1. The van der Waals surface area contributed by atoms with E-state index in [1.807, 2.05) is 6.92 Å². The molecule has 0 bridgehead atoms. The lowest BCUT2D eigenvalue weighted by atomic mass is 10.1. The van der Waals surface area contributed by atoms with Gasteiger partial charge in [-0.15, -0.1) is 0 Å². The summed E-state index contributed by atoms with van der Waals surface area (Å²) >= 11 is 0. The number of rotatable bonds is 5. The van der Waals surface area contributed by atoms with Crippen molar-refractivity contribution in [2.45, 2.75) is 24.1 Å². The number of sulfone groups is 1. The van der Waals surface area contributed by atoms with Gasteiger partial charge in [-0.25, -0.2) is 8.42 Å². The quantitative estimate of drug-likeness (QED) is 0.922. The van der Waals surface area contributed by atoms with E-state index in [9.17, 15) is 17.2 Å². The van der Waals surface area contributed by atoms with Crippen molar-refractivity contribution in [3.63, 3.8) is 0 Å². The third-order valence-corrected chi connectivity index (χ3v) is 4.47. The number of nitrogens with zero attached hydrogens (tertiary/aromatic N) is 1. The van der Waals surface area contributed by atoms with Crippen LogP contribution in [0.15, 0.2) is 47.6 Å². The first-order valence-corrected chi connectivity index (χ1v) is 7.72. The van der Waals surface area contributed by atoms with E-state index in [0.29, 0.717) is 6.54 Å². The van der Waals surface area contributed by atoms with Crippen LogP contribution in [0.25, 0.3) is 0 Å². The number of benzene rings is 1. The van der Waals surface area contributed by atoms with Gasteiger partial charge in [-0.1, -0.05) is 12.1 Å². The van der Waals surface area contributed by atoms with Gasteiger partial charge in [-0.3, -0.25) is 4.98 Å². The molecule has 112 valence electrons. The lowest BCUT2D eigenvalue weighted by Crippen LogP contribution is -2.14. The normalized spacial score (nSPS) is 11.6. The van der Waals surface area contributed by atoms with Crippen LogP contribution in [0.5, 0.6) is 0 Å². The summed E-state index contributed by atoms with van der Waals surface area (Å²) in [5.74, 6) is -3.44. The summed E-state index contributed by atoms with van der Waals surface area (Å²) in [5, 5.41) is 2.89. The number of nitrogens with one attached hydrogen (secondary N) is 1. The van der Waals surface area contributed by atoms with Gasteiger partial charge < -0.3 is 5.32 Å². The van der Waals surface area contributed by atoms with E-state index < -0.39 is 20.5 Å². The number of aromatic nitrogens is 1. The molecule has 0 saturated carbocycles. The number of pyridine rings is 1. The van der Waals surface area contributed by atoms with Gasteiger partial charge in [-0.05, 0) is 36.2 Å². The minimum absolute atomic E-state index is 0.161. The Kier molecular flexibility index (Phi) is 4.52. The fourth-order valence-electron chi connectivity index (χ4n) is 1.85. The van der Waals surface area contributed by atoms with Crippen molar-refractivity contribution in [1.29, 1.82) is 0 Å². The molecule has 0 fully saturated rings. The fourth-order valence-corrected chi connectivity index (χ4v) is 2.75. The molecule has 4 nitrogen and oxygen atoms in total. The second-order valence-corrected chi connectivity index (χ2v) is 6.34. The Hall–Kier alpha value is -2.02. The summed E-state index contributed by atoms with van der Waals surface area (Å²) in [5.41, 5.74) is 2.00. The van der Waals surface area contributed by atoms with Gasteiger partial charge in [0.25, 0.3) is 0 Å². The molecule has 0 unspecified atom stereocenters. The van der Waals surface area contributed by atoms with Crippen molar-refractivity contribution in [2.75, 3.05) is 5.32 Å². The Morgan fingerprint density at radius 1 is 1.24 bits per heavy atom. The SMILES string of the molecule is Cc1cnccc1CNc1ccccc1S(=O)(=O)C(F)F. The van der Waals surface area contributed by atoms with E-state index in [1.54, 1.807) is 24.5 Å². The molecular weight excluding hydrogens is 298 g/mol. The van der Waals surface area contributed by atoms with Crippen molar-refractivity contribution in [1.82, 2.24) is 4.98 Å². The Morgan fingerprint density at radius 2 is 1.95 bits per heavy atom. The van der Waals surface area contributed by atoms with Crippen molar-refractivity contribution in [2.24, 2.45) is 0 Å². The van der Waals surface area contributed by atoms with Crippen molar-refractivity contribution >= 4 is 15.5 Å². The van der Waals surface area contributed by atoms with E-state index >= 15 is 0 Å². The van der Waals surface area contributed by atoms with Crippen LogP contribution in [0, 0.1) is 6.92 Å². The highest BCUT2D eigenvalue weighted by atomic mass is 32.2. The topological polar surface area (TPSA) is 59.1 Å². The summed E-state index contributed by atoms with van der Waals surface area (Å²) in [6.45, 7) is 2.19. The van der Waals surface area contributed by atoms with E-state index in [-0.39, 0.29) is 5.69 Å². The Morgan fingerprint density at radius 3 is 2.62 bits per heavy atom. The number of para-hydroxylation sites is 1. The second kappa shape index (κ2) is 6.17. The molecule has 2 aromatic rings. The predicted octanol–water partition coefficient (Wildman–Crippen LogP) is 3.00. The Labute approximate surface area is 121 Å². The lowest BCUT2D eigenvalue weighted by Gasteiger charge is -2.13. The van der Waals surface area contributed by atoms with Crippen LogP contribution in [0.4, 0.5) is 14.5 Å². The first-order valence-electron chi connectivity index (χ1n) is 6.17. The van der Waals surface area contributed by atoms with Gasteiger partial charge in [0.15, 0.2) is 0 Å². The first kappa shape index (κ1) is 15.4. The van der Waals surface area contributed by atoms with Gasteiger partial charge in [-0.2, -0.15) is 8.78 Å². The zero-order chi connectivity index (χ0) is 15.5. The van der Waals surface area contributed by atoms with E-state index in [2.05, 4.69) is 10.3 Å². The highest BCUT2D eigenvalue weighted by molar-refractivity contribution is 7.91. The van der Waals surface area contributed by atoms with Gasteiger partial charge in [0, 0.05) is 18.9 Å². The number of anilines is 1. The molecule has 0 radical (unpaired) electrons. The molecule has 0 aliphatic heterocycles. The molecule has 0 aliphatic rings. The first-order chi connectivity index (χ1) is 9.93. The smallest absolute Gasteiger partial charge is 0.341 e. The predicted molar refractivity (Wildman–Crippen MR) is 75.9 cm³/mol. The van der Waals surface area contributed by atoms with Gasteiger partial charge in [0.2, 0.25) is 9.84 Å². The Balaban J connectivity index is 2.28. The van der Waals surface area contributed by atoms with Crippen LogP contribution >= 0.6 is 0 Å². The van der Waals surface area contributed by atoms with Crippen LogP contribution in [0.2, 0.25) is 0 Å². The molecule has 1 aromatic heterocycles. The maximum Gasteiger partial charge on any atom is 0.341 e. The van der Waals surface area contributed by atoms with Crippen LogP contribution in [0.1, 0.15) is 11.1 Å². The third kappa shape index (κ3) is 3.36. The van der Waals surface area contributed by atoms with Crippen LogP contribution < -0.4 is 5.32 Å². The molecule has 7 heteroatoms. The molecule has 0 spiro atoms. The molecular formula is C14H14F2N2O2S. The molecule has 0 aliphatic carbocycles. The van der Waals surface area contributed by atoms with Crippen LogP contribution in [-0.4, -0.2) is 19.2 Å². The zero-order valence-electron chi connectivity index (χ0n) is 11.3. The fraction of sp³-hybridized carbons (Fsp3) is 0.214. The summed E-state index contributed by atoms with van der Waals surface area (Å²) < 4.78 is 48.6. The van der Waals surface area contributed by atoms with Gasteiger partial charge in [0.05, 0.1) is 10.6 Å². The molecule has 21 heavy (non-hydrogen) atoms. The second-order valence-electron chi connectivity index (χ2n) is 4.46.